The largest absolute Gasteiger partial charge is 0.456 e. The first kappa shape index (κ1) is 32.4. The molecule has 59 heavy (non-hydrogen) atoms. The van der Waals surface area contributed by atoms with Gasteiger partial charge in [0.25, 0.3) is 5.56 Å². The van der Waals surface area contributed by atoms with Gasteiger partial charge < -0.3 is 8.83 Å². The second-order valence-corrected chi connectivity index (χ2v) is 15.8. The summed E-state index contributed by atoms with van der Waals surface area (Å²) in [6, 6.07) is 57.6. The second-order valence-electron chi connectivity index (χ2n) is 15.8. The SMILES string of the molecule is O=c1c2ccccc2c2cc(-c3cccc(-c4cccc5c6c(oc45)C=CCC6)c3)cc3c4cc(-c5cccc(-c6cccc7c6oc6ccccc67)c5)ccc4n1c23. The number of allylic oxidation sites excluding steroid dienone is 1. The Morgan fingerprint density at radius 3 is 1.83 bits per heavy atom. The minimum absolute atomic E-state index is 0.000563. The average Bonchev–Trinajstić information content (AvgIpc) is 3.98. The number of pyridine rings is 1. The Morgan fingerprint density at radius 1 is 0.441 bits per heavy atom. The highest BCUT2D eigenvalue weighted by atomic mass is 16.3. The van der Waals surface area contributed by atoms with Gasteiger partial charge in [-0.25, -0.2) is 0 Å². The van der Waals surface area contributed by atoms with E-state index in [9.17, 15) is 4.79 Å². The summed E-state index contributed by atoms with van der Waals surface area (Å²) in [5, 5.41) is 8.25. The molecule has 12 aromatic rings. The van der Waals surface area contributed by atoms with Gasteiger partial charge in [0.1, 0.15) is 22.5 Å². The Bertz CT molecular complexity index is 3820. The lowest BCUT2D eigenvalue weighted by molar-refractivity contribution is 0.596. The molecule has 1 aliphatic rings. The maximum absolute atomic E-state index is 14.4. The van der Waals surface area contributed by atoms with Crippen LogP contribution in [0.5, 0.6) is 0 Å². The van der Waals surface area contributed by atoms with E-state index in [2.05, 4.69) is 146 Å². The van der Waals surface area contributed by atoms with E-state index in [0.717, 1.165) is 123 Å². The van der Waals surface area contributed by atoms with Gasteiger partial charge in [-0.05, 0) is 106 Å². The molecule has 4 aromatic heterocycles. The van der Waals surface area contributed by atoms with Crippen molar-refractivity contribution < 1.29 is 8.83 Å². The van der Waals surface area contributed by atoms with Gasteiger partial charge in [0, 0.05) is 54.4 Å². The minimum atomic E-state index is 0.000563. The number of aromatic nitrogens is 1. The molecule has 8 aromatic carbocycles. The Kier molecular flexibility index (Phi) is 6.68. The first-order valence-corrected chi connectivity index (χ1v) is 20.3. The smallest absolute Gasteiger partial charge is 0.263 e. The van der Waals surface area contributed by atoms with Crippen molar-refractivity contribution >= 4 is 76.9 Å². The standard InChI is InChI=1S/C55H33NO3/c57-55-45-18-2-1-15-40(45)47-30-37(33-12-8-14-36(28-33)39-20-10-22-44-42-17-4-6-24-51(42)59-54(39)44)31-48-46-29-34(25-26-49(46)56(55)52(47)48)32-11-7-13-35(27-32)38-19-9-21-43-41-16-3-5-23-50(41)58-53(38)43/h1-3,5-16,18-31H,4,17H2. The molecule has 0 spiro atoms. The van der Waals surface area contributed by atoms with Crippen molar-refractivity contribution in [2.75, 3.05) is 0 Å². The molecule has 0 N–H and O–H groups in total. The van der Waals surface area contributed by atoms with Crippen LogP contribution in [0, 0.1) is 0 Å². The van der Waals surface area contributed by atoms with Crippen molar-refractivity contribution in [3.8, 4) is 44.5 Å². The Morgan fingerprint density at radius 2 is 1.03 bits per heavy atom. The molecular formula is C55H33NO3. The normalized spacial score (nSPS) is 12.9. The van der Waals surface area contributed by atoms with Crippen LogP contribution in [0.15, 0.2) is 183 Å². The number of hydrogen-bond donors (Lipinski definition) is 0. The Balaban J connectivity index is 1.01. The van der Waals surface area contributed by atoms with Crippen LogP contribution in [-0.2, 0) is 6.42 Å². The van der Waals surface area contributed by atoms with E-state index in [1.807, 2.05) is 34.7 Å². The lowest BCUT2D eigenvalue weighted by Gasteiger charge is -2.11. The van der Waals surface area contributed by atoms with Gasteiger partial charge in [0.15, 0.2) is 0 Å². The number of fused-ring (bicyclic) bond motifs is 11. The van der Waals surface area contributed by atoms with Gasteiger partial charge >= 0.3 is 0 Å². The van der Waals surface area contributed by atoms with Crippen molar-refractivity contribution in [3.63, 3.8) is 0 Å². The molecular weight excluding hydrogens is 723 g/mol. The molecule has 1 aliphatic carbocycles. The summed E-state index contributed by atoms with van der Waals surface area (Å²) in [5.41, 5.74) is 14.6. The van der Waals surface area contributed by atoms with Crippen LogP contribution < -0.4 is 5.56 Å². The summed E-state index contributed by atoms with van der Waals surface area (Å²) in [7, 11) is 0. The quantitative estimate of drug-likeness (QED) is 0.168. The van der Waals surface area contributed by atoms with Crippen molar-refractivity contribution in [1.29, 1.82) is 0 Å². The van der Waals surface area contributed by atoms with Gasteiger partial charge in [0.2, 0.25) is 0 Å². The highest BCUT2D eigenvalue weighted by Gasteiger charge is 2.21. The average molecular weight is 756 g/mol. The molecule has 0 saturated heterocycles. The Labute approximate surface area is 337 Å². The zero-order valence-corrected chi connectivity index (χ0v) is 31.8. The van der Waals surface area contributed by atoms with Crippen LogP contribution in [0.25, 0.3) is 121 Å². The summed E-state index contributed by atoms with van der Waals surface area (Å²) in [6.07, 6.45) is 6.34. The van der Waals surface area contributed by atoms with E-state index in [1.165, 1.54) is 10.9 Å². The summed E-state index contributed by atoms with van der Waals surface area (Å²) >= 11 is 0. The molecule has 4 heterocycles. The fourth-order valence-electron chi connectivity index (χ4n) is 9.87. The van der Waals surface area contributed by atoms with E-state index in [0.29, 0.717) is 5.39 Å². The highest BCUT2D eigenvalue weighted by Crippen LogP contribution is 2.43. The summed E-state index contributed by atoms with van der Waals surface area (Å²) < 4.78 is 14.9. The molecule has 0 bridgehead atoms. The highest BCUT2D eigenvalue weighted by molar-refractivity contribution is 6.22. The lowest BCUT2D eigenvalue weighted by Crippen LogP contribution is -2.12. The number of furan rings is 2. The predicted octanol–water partition coefficient (Wildman–Crippen LogP) is 14.5. The number of nitrogens with zero attached hydrogens (tertiary/aromatic N) is 1. The number of aryl methyl sites for hydroxylation is 1. The van der Waals surface area contributed by atoms with Crippen molar-refractivity contribution in [2.45, 2.75) is 12.8 Å². The van der Waals surface area contributed by atoms with Crippen molar-refractivity contribution in [2.24, 2.45) is 0 Å². The summed E-state index contributed by atoms with van der Waals surface area (Å²) in [5.74, 6) is 0.971. The Hall–Kier alpha value is -7.69. The molecule has 0 saturated carbocycles. The molecule has 0 atom stereocenters. The first-order chi connectivity index (χ1) is 29.2. The third kappa shape index (κ3) is 4.69. The fourth-order valence-corrected chi connectivity index (χ4v) is 9.87. The first-order valence-electron chi connectivity index (χ1n) is 20.3. The molecule has 0 unspecified atom stereocenters. The number of para-hydroxylation sites is 3. The van der Waals surface area contributed by atoms with E-state index >= 15 is 0 Å². The zero-order valence-electron chi connectivity index (χ0n) is 31.8. The fraction of sp³-hybridized carbons (Fsp3) is 0.0364. The summed E-state index contributed by atoms with van der Waals surface area (Å²) in [6.45, 7) is 0. The molecule has 0 radical (unpaired) electrons. The van der Waals surface area contributed by atoms with Crippen LogP contribution in [0.4, 0.5) is 0 Å². The van der Waals surface area contributed by atoms with Crippen LogP contribution in [-0.4, -0.2) is 4.40 Å². The van der Waals surface area contributed by atoms with Crippen molar-refractivity contribution in [1.82, 2.24) is 4.40 Å². The molecule has 0 fully saturated rings. The lowest BCUT2D eigenvalue weighted by atomic mass is 9.93. The zero-order chi connectivity index (χ0) is 38.8. The molecule has 0 amide bonds. The molecule has 4 heteroatoms. The van der Waals surface area contributed by atoms with Crippen LogP contribution in [0.3, 0.4) is 0 Å². The van der Waals surface area contributed by atoms with Crippen molar-refractivity contribution in [3.05, 3.63) is 192 Å². The maximum Gasteiger partial charge on any atom is 0.263 e. The predicted molar refractivity (Wildman–Crippen MR) is 244 cm³/mol. The van der Waals surface area contributed by atoms with E-state index in [-0.39, 0.29) is 5.56 Å². The second kappa shape index (κ2) is 12.2. The van der Waals surface area contributed by atoms with Gasteiger partial charge in [-0.15, -0.1) is 0 Å². The monoisotopic (exact) mass is 755 g/mol. The maximum atomic E-state index is 14.4. The molecule has 4 nitrogen and oxygen atoms in total. The topological polar surface area (TPSA) is 47.8 Å². The molecule has 13 rings (SSSR count). The molecule has 276 valence electrons. The van der Waals surface area contributed by atoms with Crippen LogP contribution in [0.2, 0.25) is 0 Å². The summed E-state index contributed by atoms with van der Waals surface area (Å²) in [4.78, 5) is 14.4. The number of benzene rings is 8. The van der Waals surface area contributed by atoms with E-state index < -0.39 is 0 Å². The number of rotatable bonds is 4. The number of hydrogen-bond acceptors (Lipinski definition) is 3. The van der Waals surface area contributed by atoms with E-state index in [1.54, 1.807) is 0 Å². The van der Waals surface area contributed by atoms with Crippen LogP contribution in [0.1, 0.15) is 17.7 Å². The van der Waals surface area contributed by atoms with Gasteiger partial charge in [-0.2, -0.15) is 0 Å². The third-order valence-electron chi connectivity index (χ3n) is 12.6. The van der Waals surface area contributed by atoms with Gasteiger partial charge in [-0.1, -0.05) is 121 Å². The van der Waals surface area contributed by atoms with Crippen LogP contribution >= 0.6 is 0 Å². The minimum Gasteiger partial charge on any atom is -0.456 e. The van der Waals surface area contributed by atoms with E-state index in [4.69, 9.17) is 8.83 Å². The third-order valence-corrected chi connectivity index (χ3v) is 12.6. The van der Waals surface area contributed by atoms with Gasteiger partial charge in [-0.3, -0.25) is 9.20 Å². The molecule has 0 aliphatic heterocycles. The van der Waals surface area contributed by atoms with Gasteiger partial charge in [0.05, 0.1) is 11.0 Å².